The van der Waals surface area contributed by atoms with Gasteiger partial charge in [-0.1, -0.05) is 0 Å². The minimum absolute atomic E-state index is 0.314. The summed E-state index contributed by atoms with van der Waals surface area (Å²) in [5.41, 5.74) is 0.341. The monoisotopic (exact) mass is 255 g/mol. The third kappa shape index (κ3) is 2.38. The van der Waals surface area contributed by atoms with Gasteiger partial charge in [0.05, 0.1) is 6.04 Å². The maximum atomic E-state index is 8.72. The summed E-state index contributed by atoms with van der Waals surface area (Å²) in [5, 5.41) is 20.9. The first-order valence-electron chi connectivity index (χ1n) is 6.20. The fourth-order valence-corrected chi connectivity index (χ4v) is 2.34. The molecule has 1 aliphatic heterocycles. The second kappa shape index (κ2) is 5.02. The predicted molar refractivity (Wildman–Crippen MR) is 67.3 cm³/mol. The normalized spacial score (nSPS) is 19.1. The summed E-state index contributed by atoms with van der Waals surface area (Å²) in [6, 6.07) is 5.83. The lowest BCUT2D eigenvalue weighted by Gasteiger charge is -2.33. The van der Waals surface area contributed by atoms with Crippen molar-refractivity contribution in [3.63, 3.8) is 0 Å². The van der Waals surface area contributed by atoms with Gasteiger partial charge in [-0.25, -0.2) is 9.67 Å². The molecule has 1 fully saturated rings. The van der Waals surface area contributed by atoms with Crippen LogP contribution in [0, 0.1) is 11.3 Å². The standard InChI is InChI=1S/C12H13N7/c13-6-10-3-4-12(17-16-10)18-5-1-2-11(7-18)19-9-14-8-15-19/h3-4,8-9,11H,1-2,5,7H2. The van der Waals surface area contributed by atoms with Crippen molar-refractivity contribution in [1.29, 1.82) is 5.26 Å². The van der Waals surface area contributed by atoms with Crippen LogP contribution in [0.25, 0.3) is 0 Å². The predicted octanol–water partition coefficient (Wildman–Crippen LogP) is 0.781. The van der Waals surface area contributed by atoms with E-state index in [9.17, 15) is 0 Å². The number of nitrogens with zero attached hydrogens (tertiary/aromatic N) is 7. The number of hydrogen-bond donors (Lipinski definition) is 0. The van der Waals surface area contributed by atoms with Crippen LogP contribution in [-0.4, -0.2) is 38.1 Å². The van der Waals surface area contributed by atoms with E-state index in [2.05, 4.69) is 25.2 Å². The molecule has 0 amide bonds. The lowest BCUT2D eigenvalue weighted by atomic mass is 10.1. The van der Waals surface area contributed by atoms with E-state index in [0.29, 0.717) is 11.7 Å². The SMILES string of the molecule is N#Cc1ccc(N2CCCC(n3cncn3)C2)nn1. The van der Waals surface area contributed by atoms with Crippen molar-refractivity contribution in [2.24, 2.45) is 0 Å². The highest BCUT2D eigenvalue weighted by molar-refractivity contribution is 5.39. The fraction of sp³-hybridized carbons (Fsp3) is 0.417. The number of anilines is 1. The maximum Gasteiger partial charge on any atom is 0.163 e. The topological polar surface area (TPSA) is 83.5 Å². The summed E-state index contributed by atoms with van der Waals surface area (Å²) in [6.07, 6.45) is 5.47. The van der Waals surface area contributed by atoms with Crippen LogP contribution in [0.3, 0.4) is 0 Å². The molecule has 7 heteroatoms. The van der Waals surface area contributed by atoms with Gasteiger partial charge in [-0.15, -0.1) is 10.2 Å². The van der Waals surface area contributed by atoms with Crippen molar-refractivity contribution in [2.45, 2.75) is 18.9 Å². The first-order valence-corrected chi connectivity index (χ1v) is 6.20. The Labute approximate surface area is 110 Å². The molecule has 2 aromatic heterocycles. The van der Waals surface area contributed by atoms with E-state index >= 15 is 0 Å². The molecule has 19 heavy (non-hydrogen) atoms. The van der Waals surface area contributed by atoms with E-state index in [1.54, 1.807) is 18.7 Å². The average molecular weight is 255 g/mol. The highest BCUT2D eigenvalue weighted by Crippen LogP contribution is 2.23. The van der Waals surface area contributed by atoms with Crippen molar-refractivity contribution in [3.8, 4) is 6.07 Å². The Morgan fingerprint density at radius 2 is 2.26 bits per heavy atom. The number of piperidine rings is 1. The Bertz CT molecular complexity index is 569. The number of nitriles is 1. The maximum absolute atomic E-state index is 8.72. The molecular formula is C12H13N7. The van der Waals surface area contributed by atoms with Crippen LogP contribution in [-0.2, 0) is 0 Å². The van der Waals surface area contributed by atoms with Gasteiger partial charge in [0, 0.05) is 13.1 Å². The van der Waals surface area contributed by atoms with Crippen molar-refractivity contribution in [3.05, 3.63) is 30.5 Å². The lowest BCUT2D eigenvalue weighted by molar-refractivity contribution is 0.373. The summed E-state index contributed by atoms with van der Waals surface area (Å²) in [5.74, 6) is 0.809. The first-order chi connectivity index (χ1) is 9.36. The minimum atomic E-state index is 0.314. The molecule has 0 saturated carbocycles. The Morgan fingerprint density at radius 1 is 1.32 bits per heavy atom. The van der Waals surface area contributed by atoms with Crippen molar-refractivity contribution in [1.82, 2.24) is 25.0 Å². The van der Waals surface area contributed by atoms with Gasteiger partial charge < -0.3 is 4.90 Å². The Hall–Kier alpha value is -2.49. The Morgan fingerprint density at radius 3 is 2.95 bits per heavy atom. The van der Waals surface area contributed by atoms with E-state index in [0.717, 1.165) is 31.7 Å². The quantitative estimate of drug-likeness (QED) is 0.788. The molecule has 7 nitrogen and oxygen atoms in total. The van der Waals surface area contributed by atoms with Crippen LogP contribution in [0.4, 0.5) is 5.82 Å². The molecule has 0 N–H and O–H groups in total. The molecule has 96 valence electrons. The number of hydrogen-bond acceptors (Lipinski definition) is 6. The van der Waals surface area contributed by atoms with Crippen LogP contribution in [0.5, 0.6) is 0 Å². The van der Waals surface area contributed by atoms with Gasteiger partial charge in [0.1, 0.15) is 18.7 Å². The van der Waals surface area contributed by atoms with Gasteiger partial charge in [-0.3, -0.25) is 0 Å². The van der Waals surface area contributed by atoms with Crippen molar-refractivity contribution in [2.75, 3.05) is 18.0 Å². The molecule has 0 spiro atoms. The van der Waals surface area contributed by atoms with Gasteiger partial charge in [0.25, 0.3) is 0 Å². The third-order valence-corrected chi connectivity index (χ3v) is 3.30. The zero-order chi connectivity index (χ0) is 13.1. The van der Waals surface area contributed by atoms with E-state index < -0.39 is 0 Å². The van der Waals surface area contributed by atoms with E-state index in [4.69, 9.17) is 5.26 Å². The molecule has 0 aliphatic carbocycles. The van der Waals surface area contributed by atoms with Gasteiger partial charge >= 0.3 is 0 Å². The zero-order valence-electron chi connectivity index (χ0n) is 10.3. The Balaban J connectivity index is 1.76. The molecular weight excluding hydrogens is 242 g/mol. The Kier molecular flexibility index (Phi) is 3.06. The summed E-state index contributed by atoms with van der Waals surface area (Å²) in [7, 11) is 0. The average Bonchev–Trinajstić information content (AvgIpc) is 3.02. The molecule has 2 aromatic rings. The van der Waals surface area contributed by atoms with Gasteiger partial charge in [-0.2, -0.15) is 10.4 Å². The largest absolute Gasteiger partial charge is 0.353 e. The van der Waals surface area contributed by atoms with Crippen LogP contribution in [0.1, 0.15) is 24.6 Å². The second-order valence-electron chi connectivity index (χ2n) is 4.51. The summed E-state index contributed by atoms with van der Waals surface area (Å²) >= 11 is 0. The van der Waals surface area contributed by atoms with Gasteiger partial charge in [0.2, 0.25) is 0 Å². The molecule has 0 aromatic carbocycles. The van der Waals surface area contributed by atoms with Gasteiger partial charge in [0.15, 0.2) is 11.5 Å². The lowest BCUT2D eigenvalue weighted by Crippen LogP contribution is -2.37. The highest BCUT2D eigenvalue weighted by Gasteiger charge is 2.22. The molecule has 0 radical (unpaired) electrons. The molecule has 1 aliphatic rings. The molecule has 1 saturated heterocycles. The molecule has 1 unspecified atom stereocenters. The number of aromatic nitrogens is 5. The summed E-state index contributed by atoms with van der Waals surface area (Å²) in [6.45, 7) is 1.79. The fourth-order valence-electron chi connectivity index (χ4n) is 2.34. The smallest absolute Gasteiger partial charge is 0.163 e. The van der Waals surface area contributed by atoms with Crippen LogP contribution < -0.4 is 4.90 Å². The first kappa shape index (κ1) is 11.6. The van der Waals surface area contributed by atoms with Crippen molar-refractivity contribution < 1.29 is 0 Å². The molecule has 3 heterocycles. The third-order valence-electron chi connectivity index (χ3n) is 3.30. The zero-order valence-corrected chi connectivity index (χ0v) is 10.3. The van der Waals surface area contributed by atoms with E-state index in [-0.39, 0.29) is 0 Å². The van der Waals surface area contributed by atoms with E-state index in [1.807, 2.05) is 16.8 Å². The molecule has 3 rings (SSSR count). The number of rotatable bonds is 2. The summed E-state index contributed by atoms with van der Waals surface area (Å²) in [4.78, 5) is 6.16. The highest BCUT2D eigenvalue weighted by atomic mass is 15.4. The minimum Gasteiger partial charge on any atom is -0.353 e. The molecule has 0 bridgehead atoms. The summed E-state index contributed by atoms with van der Waals surface area (Å²) < 4.78 is 1.89. The van der Waals surface area contributed by atoms with Crippen LogP contribution >= 0.6 is 0 Å². The molecule has 1 atom stereocenters. The van der Waals surface area contributed by atoms with Crippen LogP contribution in [0.2, 0.25) is 0 Å². The second-order valence-corrected chi connectivity index (χ2v) is 4.51. The van der Waals surface area contributed by atoms with Gasteiger partial charge in [-0.05, 0) is 25.0 Å². The van der Waals surface area contributed by atoms with Crippen LogP contribution in [0.15, 0.2) is 24.8 Å². The van der Waals surface area contributed by atoms with Crippen molar-refractivity contribution >= 4 is 5.82 Å². The van der Waals surface area contributed by atoms with E-state index in [1.165, 1.54) is 0 Å².